The first-order valence-electron chi connectivity index (χ1n) is 4.31. The number of rotatable bonds is 1. The molecule has 2 aromatic rings. The molecule has 1 heterocycles. The highest BCUT2D eigenvalue weighted by atomic mass is 35.5. The van der Waals surface area contributed by atoms with Gasteiger partial charge >= 0.3 is 0 Å². The molecule has 1 aromatic carbocycles. The quantitative estimate of drug-likeness (QED) is 0.677. The van der Waals surface area contributed by atoms with Gasteiger partial charge in [0.2, 0.25) is 0 Å². The van der Waals surface area contributed by atoms with E-state index in [0.29, 0.717) is 10.5 Å². The van der Waals surface area contributed by atoms with Gasteiger partial charge in [0.25, 0.3) is 0 Å². The third-order valence-electron chi connectivity index (χ3n) is 2.11. The van der Waals surface area contributed by atoms with Crippen LogP contribution in [0.3, 0.4) is 0 Å². The van der Waals surface area contributed by atoms with Gasteiger partial charge < -0.3 is 0 Å². The normalized spacial score (nSPS) is 10.8. The summed E-state index contributed by atoms with van der Waals surface area (Å²) < 4.78 is 13.1. The molecule has 0 spiro atoms. The Kier molecular flexibility index (Phi) is 2.33. The smallest absolute Gasteiger partial charge is 0.140 e. The van der Waals surface area contributed by atoms with Crippen molar-refractivity contribution in [2.24, 2.45) is 0 Å². The van der Waals surface area contributed by atoms with Gasteiger partial charge in [-0.05, 0) is 24.1 Å². The lowest BCUT2D eigenvalue weighted by Crippen LogP contribution is -1.91. The van der Waals surface area contributed by atoms with Crippen LogP contribution in [0, 0.1) is 5.82 Å². The van der Waals surface area contributed by atoms with Crippen LogP contribution >= 0.6 is 11.6 Å². The highest BCUT2D eigenvalue weighted by molar-refractivity contribution is 6.34. The van der Waals surface area contributed by atoms with E-state index in [4.69, 9.17) is 11.6 Å². The standard InChI is InChI=1S/C10H8ClFN2/c1-2-6-3-7(12)4-8-9(6)13-5-14-10(8)11/h3-5H,2H2,1H3. The second-order valence-corrected chi connectivity index (χ2v) is 3.34. The summed E-state index contributed by atoms with van der Waals surface area (Å²) in [5, 5.41) is 0.871. The van der Waals surface area contributed by atoms with Crippen LogP contribution in [-0.2, 0) is 6.42 Å². The molecule has 0 radical (unpaired) electrons. The molecule has 1 aromatic heterocycles. The van der Waals surface area contributed by atoms with Crippen LogP contribution in [0.2, 0.25) is 5.15 Å². The van der Waals surface area contributed by atoms with Crippen LogP contribution in [0.5, 0.6) is 0 Å². The third-order valence-corrected chi connectivity index (χ3v) is 2.42. The van der Waals surface area contributed by atoms with Crippen molar-refractivity contribution in [1.82, 2.24) is 9.97 Å². The molecule has 0 aliphatic heterocycles. The lowest BCUT2D eigenvalue weighted by atomic mass is 10.1. The van der Waals surface area contributed by atoms with Gasteiger partial charge in [0.1, 0.15) is 17.3 Å². The van der Waals surface area contributed by atoms with Crippen LogP contribution in [-0.4, -0.2) is 9.97 Å². The second kappa shape index (κ2) is 3.50. The predicted octanol–water partition coefficient (Wildman–Crippen LogP) is 2.98. The molecule has 0 N–H and O–H groups in total. The van der Waals surface area contributed by atoms with Crippen molar-refractivity contribution in [1.29, 1.82) is 0 Å². The maximum atomic E-state index is 13.1. The van der Waals surface area contributed by atoms with E-state index in [1.807, 2.05) is 6.92 Å². The second-order valence-electron chi connectivity index (χ2n) is 2.98. The van der Waals surface area contributed by atoms with Crippen molar-refractivity contribution in [3.05, 3.63) is 35.0 Å². The number of hydrogen-bond acceptors (Lipinski definition) is 2. The Labute approximate surface area is 85.8 Å². The number of aryl methyl sites for hydroxylation is 1. The van der Waals surface area contributed by atoms with E-state index < -0.39 is 0 Å². The highest BCUT2D eigenvalue weighted by Gasteiger charge is 2.07. The molecular formula is C10H8ClFN2. The first kappa shape index (κ1) is 9.34. The average Bonchev–Trinajstić information content (AvgIpc) is 2.18. The van der Waals surface area contributed by atoms with Crippen LogP contribution in [0.15, 0.2) is 18.5 Å². The fourth-order valence-corrected chi connectivity index (χ4v) is 1.63. The molecule has 0 atom stereocenters. The van der Waals surface area contributed by atoms with Crippen molar-refractivity contribution < 1.29 is 4.39 Å². The van der Waals surface area contributed by atoms with Crippen LogP contribution in [0.25, 0.3) is 10.9 Å². The van der Waals surface area contributed by atoms with Crippen LogP contribution in [0.1, 0.15) is 12.5 Å². The van der Waals surface area contributed by atoms with Gasteiger partial charge in [-0.2, -0.15) is 0 Å². The van der Waals surface area contributed by atoms with Gasteiger partial charge in [-0.15, -0.1) is 0 Å². The maximum absolute atomic E-state index is 13.1. The van der Waals surface area contributed by atoms with Gasteiger partial charge in [-0.3, -0.25) is 0 Å². The Balaban J connectivity index is 2.87. The van der Waals surface area contributed by atoms with Crippen molar-refractivity contribution >= 4 is 22.5 Å². The average molecular weight is 211 g/mol. The minimum Gasteiger partial charge on any atom is -0.236 e. The summed E-state index contributed by atoms with van der Waals surface area (Å²) in [6.07, 6.45) is 2.11. The number of hydrogen-bond donors (Lipinski definition) is 0. The summed E-state index contributed by atoms with van der Waals surface area (Å²) in [5.41, 5.74) is 1.58. The van der Waals surface area contributed by atoms with Gasteiger partial charge in [0.15, 0.2) is 0 Å². The number of benzene rings is 1. The Hall–Kier alpha value is -1.22. The van der Waals surface area contributed by atoms with Crippen LogP contribution in [0.4, 0.5) is 4.39 Å². The van der Waals surface area contributed by atoms with Crippen molar-refractivity contribution in [3.8, 4) is 0 Å². The van der Waals surface area contributed by atoms with Gasteiger partial charge in [-0.1, -0.05) is 18.5 Å². The molecule has 4 heteroatoms. The van der Waals surface area contributed by atoms with Gasteiger partial charge in [0, 0.05) is 5.39 Å². The molecule has 14 heavy (non-hydrogen) atoms. The van der Waals surface area contributed by atoms with Crippen LogP contribution < -0.4 is 0 Å². The van der Waals surface area contributed by atoms with Gasteiger partial charge in [-0.25, -0.2) is 14.4 Å². The number of aromatic nitrogens is 2. The first-order valence-corrected chi connectivity index (χ1v) is 4.68. The number of nitrogens with zero attached hydrogens (tertiary/aromatic N) is 2. The van der Waals surface area contributed by atoms with Crippen molar-refractivity contribution in [2.45, 2.75) is 13.3 Å². The Morgan fingerprint density at radius 3 is 2.86 bits per heavy atom. The molecule has 2 rings (SSSR count). The molecule has 0 aliphatic rings. The Bertz CT molecular complexity index is 485. The SMILES string of the molecule is CCc1cc(F)cc2c(Cl)ncnc12. The molecule has 0 saturated carbocycles. The molecule has 0 saturated heterocycles. The Morgan fingerprint density at radius 1 is 1.36 bits per heavy atom. The van der Waals surface area contributed by atoms with E-state index in [-0.39, 0.29) is 5.82 Å². The summed E-state index contributed by atoms with van der Waals surface area (Å²) in [4.78, 5) is 7.90. The minimum atomic E-state index is -0.300. The molecule has 2 nitrogen and oxygen atoms in total. The molecule has 0 amide bonds. The third kappa shape index (κ3) is 1.44. The first-order chi connectivity index (χ1) is 6.72. The predicted molar refractivity (Wildman–Crippen MR) is 53.9 cm³/mol. The fourth-order valence-electron chi connectivity index (χ4n) is 1.44. The molecule has 0 aliphatic carbocycles. The lowest BCUT2D eigenvalue weighted by molar-refractivity contribution is 0.627. The summed E-state index contributed by atoms with van der Waals surface area (Å²) in [7, 11) is 0. The van der Waals surface area contributed by atoms with E-state index in [2.05, 4.69) is 9.97 Å². The molecule has 0 bridgehead atoms. The minimum absolute atomic E-state index is 0.296. The largest absolute Gasteiger partial charge is 0.236 e. The monoisotopic (exact) mass is 210 g/mol. The highest BCUT2D eigenvalue weighted by Crippen LogP contribution is 2.23. The van der Waals surface area contributed by atoms with Gasteiger partial charge in [0.05, 0.1) is 5.52 Å². The van der Waals surface area contributed by atoms with E-state index in [1.165, 1.54) is 18.5 Å². The zero-order chi connectivity index (χ0) is 10.1. The zero-order valence-electron chi connectivity index (χ0n) is 7.59. The summed E-state index contributed by atoms with van der Waals surface area (Å²) in [5.74, 6) is -0.300. The lowest BCUT2D eigenvalue weighted by Gasteiger charge is -2.04. The summed E-state index contributed by atoms with van der Waals surface area (Å²) in [6.45, 7) is 1.95. The van der Waals surface area contributed by atoms with Crippen molar-refractivity contribution in [2.75, 3.05) is 0 Å². The van der Waals surface area contributed by atoms with Crippen molar-refractivity contribution in [3.63, 3.8) is 0 Å². The fraction of sp³-hybridized carbons (Fsp3) is 0.200. The molecule has 0 fully saturated rings. The van der Waals surface area contributed by atoms with E-state index in [1.54, 1.807) is 0 Å². The molecule has 72 valence electrons. The molecular weight excluding hydrogens is 203 g/mol. The number of halogens is 2. The maximum Gasteiger partial charge on any atom is 0.140 e. The number of fused-ring (bicyclic) bond motifs is 1. The van der Waals surface area contributed by atoms with E-state index in [9.17, 15) is 4.39 Å². The zero-order valence-corrected chi connectivity index (χ0v) is 8.35. The Morgan fingerprint density at radius 2 is 2.14 bits per heavy atom. The van der Waals surface area contributed by atoms with E-state index >= 15 is 0 Å². The summed E-state index contributed by atoms with van der Waals surface area (Å²) >= 11 is 5.84. The summed E-state index contributed by atoms with van der Waals surface area (Å²) in [6, 6.07) is 2.84. The van der Waals surface area contributed by atoms with E-state index in [0.717, 1.165) is 17.5 Å². The topological polar surface area (TPSA) is 25.8 Å². The molecule has 0 unspecified atom stereocenters.